The van der Waals surface area contributed by atoms with Crippen LogP contribution >= 0.6 is 0 Å². The number of carbonyl (C=O) groups excluding carboxylic acids is 1. The van der Waals surface area contributed by atoms with E-state index in [0.717, 1.165) is 6.42 Å². The molecule has 4 nitrogen and oxygen atoms in total. The number of carbonyl (C=O) groups is 1. The summed E-state index contributed by atoms with van der Waals surface area (Å²) in [5, 5.41) is 8.37. The third-order valence-corrected chi connectivity index (χ3v) is 1.14. The number of rotatable bonds is 6. The lowest BCUT2D eigenvalue weighted by Crippen LogP contribution is -2.10. The summed E-state index contributed by atoms with van der Waals surface area (Å²) in [5.74, 6) is -0.367. The maximum absolute atomic E-state index is 10.4. The van der Waals surface area contributed by atoms with Gasteiger partial charge in [0.2, 0.25) is 0 Å². The number of unbranched alkanes of at least 4 members (excludes halogenated alkanes) is 1. The van der Waals surface area contributed by atoms with Gasteiger partial charge in [0.1, 0.15) is 6.61 Å². The zero-order valence-electron chi connectivity index (χ0n) is 6.71. The van der Waals surface area contributed by atoms with E-state index in [1.54, 1.807) is 0 Å². The summed E-state index contributed by atoms with van der Waals surface area (Å²) in [6, 6.07) is 0. The van der Waals surface area contributed by atoms with Crippen molar-refractivity contribution in [2.75, 3.05) is 26.9 Å². The van der Waals surface area contributed by atoms with E-state index in [0.29, 0.717) is 13.0 Å². The summed E-state index contributed by atoms with van der Waals surface area (Å²) in [6.45, 7) is 0.666. The third kappa shape index (κ3) is 7.29. The van der Waals surface area contributed by atoms with Crippen LogP contribution in [0.15, 0.2) is 0 Å². The average molecular weight is 162 g/mol. The fourth-order valence-corrected chi connectivity index (χ4v) is 0.530. The fourth-order valence-electron chi connectivity index (χ4n) is 0.530. The van der Waals surface area contributed by atoms with E-state index >= 15 is 0 Å². The molecular weight excluding hydrogens is 148 g/mol. The minimum absolute atomic E-state index is 0.00191. The Kier molecular flexibility index (Phi) is 7.08. The number of hydrogen-bond donors (Lipinski definition) is 1. The largest absolute Gasteiger partial charge is 0.467 e. The molecule has 0 saturated carbocycles. The summed E-state index contributed by atoms with van der Waals surface area (Å²) < 4.78 is 9.25. The van der Waals surface area contributed by atoms with Gasteiger partial charge in [0, 0.05) is 13.2 Å². The highest BCUT2D eigenvalue weighted by Crippen LogP contribution is 1.88. The van der Waals surface area contributed by atoms with Gasteiger partial charge in [-0.1, -0.05) is 0 Å². The van der Waals surface area contributed by atoms with E-state index in [1.807, 2.05) is 0 Å². The van der Waals surface area contributed by atoms with Crippen molar-refractivity contribution in [3.05, 3.63) is 0 Å². The first kappa shape index (κ1) is 10.4. The van der Waals surface area contributed by atoms with E-state index in [9.17, 15) is 4.79 Å². The van der Waals surface area contributed by atoms with Gasteiger partial charge in [-0.3, -0.25) is 0 Å². The van der Waals surface area contributed by atoms with Gasteiger partial charge in [-0.05, 0) is 12.8 Å². The van der Waals surface area contributed by atoms with E-state index in [-0.39, 0.29) is 19.2 Å². The second kappa shape index (κ2) is 7.50. The van der Waals surface area contributed by atoms with E-state index in [4.69, 9.17) is 9.84 Å². The van der Waals surface area contributed by atoms with Crippen molar-refractivity contribution < 1.29 is 19.4 Å². The van der Waals surface area contributed by atoms with E-state index in [2.05, 4.69) is 4.74 Å². The Morgan fingerprint density at radius 3 is 2.73 bits per heavy atom. The molecule has 0 heterocycles. The molecule has 0 saturated heterocycles. The van der Waals surface area contributed by atoms with Crippen molar-refractivity contribution in [3.8, 4) is 0 Å². The summed E-state index contributed by atoms with van der Waals surface area (Å²) in [5.41, 5.74) is 0. The molecular formula is C7H14O4. The number of ether oxygens (including phenoxy) is 2. The summed E-state index contributed by atoms with van der Waals surface area (Å²) >= 11 is 0. The smallest absolute Gasteiger partial charge is 0.331 e. The number of hydrogen-bond acceptors (Lipinski definition) is 4. The molecule has 0 aromatic rings. The molecule has 1 N–H and O–H groups in total. The molecule has 0 aliphatic heterocycles. The molecule has 0 aromatic carbocycles. The zero-order valence-corrected chi connectivity index (χ0v) is 6.71. The Morgan fingerprint density at radius 2 is 2.18 bits per heavy atom. The first-order valence-electron chi connectivity index (χ1n) is 3.56. The van der Waals surface area contributed by atoms with Gasteiger partial charge >= 0.3 is 5.97 Å². The van der Waals surface area contributed by atoms with Gasteiger partial charge in [-0.25, -0.2) is 4.79 Å². The quantitative estimate of drug-likeness (QED) is 0.439. The predicted molar refractivity (Wildman–Crippen MR) is 39.2 cm³/mol. The molecule has 0 bridgehead atoms. The van der Waals surface area contributed by atoms with Crippen molar-refractivity contribution in [2.24, 2.45) is 0 Å². The topological polar surface area (TPSA) is 55.8 Å². The van der Waals surface area contributed by atoms with Crippen molar-refractivity contribution in [2.45, 2.75) is 12.8 Å². The van der Waals surface area contributed by atoms with Crippen LogP contribution in [-0.2, 0) is 14.3 Å². The lowest BCUT2D eigenvalue weighted by atomic mass is 10.3. The molecule has 0 rings (SSSR count). The summed E-state index contributed by atoms with van der Waals surface area (Å²) in [4.78, 5) is 10.4. The number of esters is 1. The fraction of sp³-hybridized carbons (Fsp3) is 0.857. The Bertz CT molecular complexity index is 103. The van der Waals surface area contributed by atoms with Crippen LogP contribution in [0, 0.1) is 0 Å². The Hall–Kier alpha value is -0.610. The Morgan fingerprint density at radius 1 is 1.45 bits per heavy atom. The average Bonchev–Trinajstić information content (AvgIpc) is 2.04. The Balaban J connectivity index is 2.95. The van der Waals surface area contributed by atoms with Gasteiger partial charge in [0.15, 0.2) is 0 Å². The maximum atomic E-state index is 10.4. The maximum Gasteiger partial charge on any atom is 0.331 e. The van der Waals surface area contributed by atoms with Crippen LogP contribution in [0.4, 0.5) is 0 Å². The molecule has 0 unspecified atom stereocenters. The second-order valence-electron chi connectivity index (χ2n) is 2.06. The highest BCUT2D eigenvalue weighted by Gasteiger charge is 1.97. The van der Waals surface area contributed by atoms with Crippen LogP contribution in [0.3, 0.4) is 0 Å². The van der Waals surface area contributed by atoms with Crippen LogP contribution in [0.5, 0.6) is 0 Å². The number of aliphatic hydroxyl groups is 1. The van der Waals surface area contributed by atoms with Crippen LogP contribution in [-0.4, -0.2) is 38.0 Å². The molecule has 0 aliphatic carbocycles. The Labute approximate surface area is 66.1 Å². The zero-order chi connectivity index (χ0) is 8.53. The molecule has 0 spiro atoms. The lowest BCUT2D eigenvalue weighted by Gasteiger charge is -2.00. The highest BCUT2D eigenvalue weighted by molar-refractivity contribution is 5.70. The number of aliphatic hydroxyl groups excluding tert-OH is 1. The normalized spacial score (nSPS) is 9.64. The van der Waals surface area contributed by atoms with Crippen molar-refractivity contribution >= 4 is 5.97 Å². The molecule has 0 aliphatic rings. The first-order chi connectivity index (χ1) is 5.31. The van der Waals surface area contributed by atoms with Gasteiger partial charge in [-0.2, -0.15) is 0 Å². The second-order valence-corrected chi connectivity index (χ2v) is 2.06. The molecule has 0 fully saturated rings. The molecule has 66 valence electrons. The highest BCUT2D eigenvalue weighted by atomic mass is 16.6. The first-order valence-corrected chi connectivity index (χ1v) is 3.56. The van der Waals surface area contributed by atoms with Crippen molar-refractivity contribution in [1.82, 2.24) is 0 Å². The predicted octanol–water partition coefficient (Wildman–Crippen LogP) is -0.0515. The van der Waals surface area contributed by atoms with Gasteiger partial charge in [0.05, 0.1) is 7.11 Å². The summed E-state index contributed by atoms with van der Waals surface area (Å²) in [6.07, 6.45) is 1.48. The molecule has 4 heteroatoms. The minimum Gasteiger partial charge on any atom is -0.467 e. The molecule has 0 amide bonds. The van der Waals surface area contributed by atoms with Crippen LogP contribution in [0.25, 0.3) is 0 Å². The van der Waals surface area contributed by atoms with E-state index < -0.39 is 0 Å². The van der Waals surface area contributed by atoms with Crippen LogP contribution in [0.2, 0.25) is 0 Å². The van der Waals surface area contributed by atoms with Gasteiger partial charge in [-0.15, -0.1) is 0 Å². The number of methoxy groups -OCH3 is 1. The van der Waals surface area contributed by atoms with Gasteiger partial charge in [0.25, 0.3) is 0 Å². The standard InChI is InChI=1S/C7H14O4/c1-10-7(9)6-11-5-3-2-4-8/h8H,2-6H2,1H3. The minimum atomic E-state index is -0.367. The third-order valence-electron chi connectivity index (χ3n) is 1.14. The summed E-state index contributed by atoms with van der Waals surface area (Å²) in [7, 11) is 1.32. The molecule has 0 aromatic heterocycles. The van der Waals surface area contributed by atoms with Crippen molar-refractivity contribution in [1.29, 1.82) is 0 Å². The monoisotopic (exact) mass is 162 g/mol. The van der Waals surface area contributed by atoms with E-state index in [1.165, 1.54) is 7.11 Å². The lowest BCUT2D eigenvalue weighted by molar-refractivity contribution is -0.145. The van der Waals surface area contributed by atoms with Crippen LogP contribution < -0.4 is 0 Å². The van der Waals surface area contributed by atoms with Crippen molar-refractivity contribution in [3.63, 3.8) is 0 Å². The van der Waals surface area contributed by atoms with Gasteiger partial charge < -0.3 is 14.6 Å². The molecule has 0 radical (unpaired) electrons. The SMILES string of the molecule is COC(=O)COCCCCO. The molecule has 11 heavy (non-hydrogen) atoms. The molecule has 0 atom stereocenters. The van der Waals surface area contributed by atoms with Crippen LogP contribution in [0.1, 0.15) is 12.8 Å².